The monoisotopic (exact) mass is 336 g/mol. The number of likely N-dealkylation sites (N-methyl/N-ethyl adjacent to an activating group) is 1. The van der Waals surface area contributed by atoms with Gasteiger partial charge in [0.1, 0.15) is 5.54 Å². The fourth-order valence-electron chi connectivity index (χ4n) is 3.33. The lowest BCUT2D eigenvalue weighted by atomic mass is 9.74. The van der Waals surface area contributed by atoms with Crippen LogP contribution in [0.25, 0.3) is 0 Å². The van der Waals surface area contributed by atoms with Crippen molar-refractivity contribution in [3.8, 4) is 0 Å². The molecule has 0 heterocycles. The van der Waals surface area contributed by atoms with Gasteiger partial charge in [0.25, 0.3) is 0 Å². The van der Waals surface area contributed by atoms with Gasteiger partial charge in [-0.2, -0.15) is 0 Å². The molecule has 1 fully saturated rings. The van der Waals surface area contributed by atoms with E-state index in [1.165, 1.54) is 0 Å². The van der Waals surface area contributed by atoms with Gasteiger partial charge in [-0.15, -0.1) is 0 Å². The molecule has 4 nitrogen and oxygen atoms in total. The largest absolute Gasteiger partial charge is 0.327 e. The third-order valence-electron chi connectivity index (χ3n) is 4.88. The molecule has 2 rings (SSSR count). The van der Waals surface area contributed by atoms with E-state index in [4.69, 9.17) is 17.3 Å². The van der Waals surface area contributed by atoms with Gasteiger partial charge in [0, 0.05) is 24.1 Å². The summed E-state index contributed by atoms with van der Waals surface area (Å²) in [6.45, 7) is 3.81. The molecule has 0 unspecified atom stereocenters. The first kappa shape index (κ1) is 18.0. The molecule has 0 radical (unpaired) electrons. The number of carbonyl (C=O) groups excluding carboxylic acids is 2. The Kier molecular flexibility index (Phi) is 5.48. The van der Waals surface area contributed by atoms with Crippen LogP contribution >= 0.6 is 11.6 Å². The Balaban J connectivity index is 2.53. The van der Waals surface area contributed by atoms with E-state index in [0.29, 0.717) is 23.4 Å². The lowest BCUT2D eigenvalue weighted by Crippen LogP contribution is -2.58. The van der Waals surface area contributed by atoms with Gasteiger partial charge in [-0.05, 0) is 31.2 Å². The number of amides is 1. The molecule has 0 saturated heterocycles. The van der Waals surface area contributed by atoms with Crippen molar-refractivity contribution >= 4 is 23.3 Å². The third-order valence-corrected chi connectivity index (χ3v) is 5.21. The number of Topliss-reactive ketones (excluding diaryl/α,β-unsaturated/α-hetero) is 1. The van der Waals surface area contributed by atoms with Crippen LogP contribution in [-0.4, -0.2) is 29.7 Å². The maximum Gasteiger partial charge on any atom is 0.240 e. The summed E-state index contributed by atoms with van der Waals surface area (Å²) in [7, 11) is 1.68. The van der Waals surface area contributed by atoms with E-state index in [9.17, 15) is 9.59 Å². The molecule has 23 heavy (non-hydrogen) atoms. The highest BCUT2D eigenvalue weighted by molar-refractivity contribution is 6.31. The Morgan fingerprint density at radius 1 is 1.30 bits per heavy atom. The van der Waals surface area contributed by atoms with Crippen LogP contribution in [0.4, 0.5) is 0 Å². The molecule has 1 aromatic rings. The van der Waals surface area contributed by atoms with Crippen molar-refractivity contribution in [2.24, 2.45) is 11.7 Å². The first-order valence-corrected chi connectivity index (χ1v) is 8.51. The second-order valence-electron chi connectivity index (χ2n) is 6.64. The molecule has 1 aliphatic rings. The highest BCUT2D eigenvalue weighted by Crippen LogP contribution is 2.42. The predicted molar refractivity (Wildman–Crippen MR) is 92.2 cm³/mol. The van der Waals surface area contributed by atoms with Crippen molar-refractivity contribution in [3.05, 3.63) is 34.9 Å². The fourth-order valence-corrected chi connectivity index (χ4v) is 3.62. The van der Waals surface area contributed by atoms with Gasteiger partial charge < -0.3 is 10.6 Å². The zero-order valence-corrected chi connectivity index (χ0v) is 14.8. The van der Waals surface area contributed by atoms with Crippen LogP contribution in [0.3, 0.4) is 0 Å². The number of benzene rings is 1. The van der Waals surface area contributed by atoms with E-state index >= 15 is 0 Å². The summed E-state index contributed by atoms with van der Waals surface area (Å²) in [4.78, 5) is 27.3. The maximum absolute atomic E-state index is 12.9. The second-order valence-corrected chi connectivity index (χ2v) is 7.04. The molecule has 0 bridgehead atoms. The first-order valence-electron chi connectivity index (χ1n) is 8.14. The second kappa shape index (κ2) is 7.02. The van der Waals surface area contributed by atoms with Gasteiger partial charge in [0.05, 0.1) is 6.04 Å². The lowest BCUT2D eigenvalue weighted by Gasteiger charge is -2.45. The average Bonchev–Trinajstić information content (AvgIpc) is 2.54. The van der Waals surface area contributed by atoms with Crippen molar-refractivity contribution in [2.45, 2.75) is 51.1 Å². The van der Waals surface area contributed by atoms with Crippen LogP contribution in [0.1, 0.15) is 45.1 Å². The molecule has 1 aromatic carbocycles. The van der Waals surface area contributed by atoms with Gasteiger partial charge >= 0.3 is 0 Å². The van der Waals surface area contributed by atoms with Gasteiger partial charge in [0.15, 0.2) is 5.78 Å². The Morgan fingerprint density at radius 3 is 2.52 bits per heavy atom. The van der Waals surface area contributed by atoms with Crippen LogP contribution in [-0.2, 0) is 15.1 Å². The van der Waals surface area contributed by atoms with Crippen molar-refractivity contribution < 1.29 is 9.59 Å². The van der Waals surface area contributed by atoms with Crippen LogP contribution < -0.4 is 5.73 Å². The molecule has 0 aromatic heterocycles. The molecular weight excluding hydrogens is 312 g/mol. The quantitative estimate of drug-likeness (QED) is 0.918. The third kappa shape index (κ3) is 3.15. The zero-order chi connectivity index (χ0) is 17.2. The van der Waals surface area contributed by atoms with Crippen LogP contribution in [0.2, 0.25) is 5.02 Å². The molecule has 2 N–H and O–H groups in total. The molecule has 1 aliphatic carbocycles. The molecule has 5 heteroatoms. The summed E-state index contributed by atoms with van der Waals surface area (Å²) in [5.41, 5.74) is 5.76. The average molecular weight is 337 g/mol. The molecule has 0 aliphatic heterocycles. The van der Waals surface area contributed by atoms with E-state index in [2.05, 4.69) is 0 Å². The van der Waals surface area contributed by atoms with E-state index in [1.54, 1.807) is 18.0 Å². The first-order chi connectivity index (χ1) is 10.8. The highest BCUT2D eigenvalue weighted by atomic mass is 35.5. The number of ketones is 1. The van der Waals surface area contributed by atoms with Gasteiger partial charge in [-0.25, -0.2) is 0 Å². The van der Waals surface area contributed by atoms with Crippen molar-refractivity contribution in [2.75, 3.05) is 7.05 Å². The lowest BCUT2D eigenvalue weighted by molar-refractivity contribution is -0.149. The summed E-state index contributed by atoms with van der Waals surface area (Å²) in [6, 6.07) is 6.66. The highest BCUT2D eigenvalue weighted by Gasteiger charge is 2.48. The Bertz CT molecular complexity index is 602. The molecule has 126 valence electrons. The van der Waals surface area contributed by atoms with Crippen molar-refractivity contribution in [3.63, 3.8) is 0 Å². The van der Waals surface area contributed by atoms with E-state index in [1.807, 2.05) is 32.0 Å². The van der Waals surface area contributed by atoms with Gasteiger partial charge in [-0.1, -0.05) is 43.6 Å². The molecule has 1 saturated carbocycles. The SMILES string of the molecule is CC(C)[C@H](N)C(=O)N(C)[C@@]1(c2ccccc2Cl)CCCCC1=O. The normalized spacial score (nSPS) is 23.0. The molecule has 1 amide bonds. The zero-order valence-electron chi connectivity index (χ0n) is 14.0. The maximum atomic E-state index is 12.9. The Morgan fingerprint density at radius 2 is 1.96 bits per heavy atom. The molecule has 2 atom stereocenters. The van der Waals surface area contributed by atoms with E-state index < -0.39 is 11.6 Å². The van der Waals surface area contributed by atoms with E-state index in [-0.39, 0.29) is 17.6 Å². The Hall–Kier alpha value is -1.39. The minimum atomic E-state index is -1.000. The summed E-state index contributed by atoms with van der Waals surface area (Å²) in [5.74, 6) is -0.161. The van der Waals surface area contributed by atoms with Crippen molar-refractivity contribution in [1.82, 2.24) is 4.90 Å². The fraction of sp³-hybridized carbons (Fsp3) is 0.556. The number of rotatable bonds is 4. The van der Waals surface area contributed by atoms with Crippen LogP contribution in [0.15, 0.2) is 24.3 Å². The van der Waals surface area contributed by atoms with Gasteiger partial charge in [0.2, 0.25) is 5.91 Å². The number of carbonyl (C=O) groups is 2. The predicted octanol–water partition coefficient (Wildman–Crippen LogP) is 3.12. The summed E-state index contributed by atoms with van der Waals surface area (Å²) < 4.78 is 0. The van der Waals surface area contributed by atoms with Crippen LogP contribution in [0, 0.1) is 5.92 Å². The molecule has 0 spiro atoms. The van der Waals surface area contributed by atoms with Crippen molar-refractivity contribution in [1.29, 1.82) is 0 Å². The summed E-state index contributed by atoms with van der Waals surface area (Å²) in [6.07, 6.45) is 2.77. The Labute approximate surface area is 143 Å². The summed E-state index contributed by atoms with van der Waals surface area (Å²) in [5, 5.41) is 0.514. The topological polar surface area (TPSA) is 63.4 Å². The number of hydrogen-bond acceptors (Lipinski definition) is 3. The number of nitrogens with zero attached hydrogens (tertiary/aromatic N) is 1. The summed E-state index contributed by atoms with van der Waals surface area (Å²) >= 11 is 6.38. The minimum Gasteiger partial charge on any atom is -0.327 e. The standard InChI is InChI=1S/C18H25ClN2O2/c1-12(2)16(20)17(23)21(3)18(11-7-6-10-15(18)22)13-8-4-5-9-14(13)19/h4-5,8-9,12,16H,6-7,10-11,20H2,1-3H3/t16-,18+/m0/s1. The smallest absolute Gasteiger partial charge is 0.240 e. The minimum absolute atomic E-state index is 0.00642. The van der Waals surface area contributed by atoms with Gasteiger partial charge in [-0.3, -0.25) is 9.59 Å². The number of nitrogens with two attached hydrogens (primary N) is 1. The molecular formula is C18H25ClN2O2. The van der Waals surface area contributed by atoms with Crippen LogP contribution in [0.5, 0.6) is 0 Å². The number of hydrogen-bond donors (Lipinski definition) is 1. The van der Waals surface area contributed by atoms with E-state index in [0.717, 1.165) is 12.8 Å². The number of halogens is 1.